The highest BCUT2D eigenvalue weighted by molar-refractivity contribution is 5.89. The van der Waals surface area contributed by atoms with Crippen LogP contribution in [-0.4, -0.2) is 17.1 Å². The van der Waals surface area contributed by atoms with E-state index in [0.29, 0.717) is 5.56 Å². The fourth-order valence-electron chi connectivity index (χ4n) is 1.61. The molecule has 0 bridgehead atoms. The van der Waals surface area contributed by atoms with E-state index in [9.17, 15) is 4.79 Å². The van der Waals surface area contributed by atoms with Crippen molar-refractivity contribution < 1.29 is 9.53 Å². The smallest absolute Gasteiger partial charge is 0.339 e. The number of ether oxygens (including phenoxy) is 1. The molecule has 0 saturated heterocycles. The number of hydrogen-bond acceptors (Lipinski definition) is 3. The number of pyridine rings is 1. The third-order valence-electron chi connectivity index (χ3n) is 2.39. The molecule has 0 N–H and O–H groups in total. The van der Waals surface area contributed by atoms with Crippen molar-refractivity contribution in [1.82, 2.24) is 4.98 Å². The molecule has 0 aromatic carbocycles. The van der Waals surface area contributed by atoms with E-state index in [1.807, 2.05) is 0 Å². The summed E-state index contributed by atoms with van der Waals surface area (Å²) in [6.07, 6.45) is 7.15. The highest BCUT2D eigenvalue weighted by Gasteiger charge is 2.14. The van der Waals surface area contributed by atoms with E-state index in [-0.39, 0.29) is 12.1 Å². The molecule has 0 fully saturated rings. The molecule has 0 unspecified atom stereocenters. The van der Waals surface area contributed by atoms with Gasteiger partial charge >= 0.3 is 5.97 Å². The van der Waals surface area contributed by atoms with Gasteiger partial charge in [-0.1, -0.05) is 26.7 Å². The van der Waals surface area contributed by atoms with Crippen LogP contribution in [-0.2, 0) is 4.74 Å². The minimum atomic E-state index is -0.264. The zero-order valence-electron chi connectivity index (χ0n) is 9.98. The molecule has 1 heterocycles. The minimum Gasteiger partial charge on any atom is -0.459 e. The maximum absolute atomic E-state index is 11.7. The largest absolute Gasteiger partial charge is 0.459 e. The second kappa shape index (κ2) is 6.99. The molecule has 1 aromatic rings. The highest BCUT2D eigenvalue weighted by atomic mass is 16.5. The molecule has 3 heteroatoms. The first kappa shape index (κ1) is 12.7. The summed E-state index contributed by atoms with van der Waals surface area (Å²) in [5, 5.41) is 0. The molecule has 88 valence electrons. The van der Waals surface area contributed by atoms with E-state index in [2.05, 4.69) is 18.8 Å². The van der Waals surface area contributed by atoms with E-state index in [1.165, 1.54) is 6.20 Å². The maximum Gasteiger partial charge on any atom is 0.339 e. The number of esters is 1. The van der Waals surface area contributed by atoms with Crippen LogP contribution in [0.25, 0.3) is 0 Å². The lowest BCUT2D eigenvalue weighted by Gasteiger charge is -2.16. The predicted molar refractivity (Wildman–Crippen MR) is 63.3 cm³/mol. The lowest BCUT2D eigenvalue weighted by Crippen LogP contribution is -2.18. The molecule has 16 heavy (non-hydrogen) atoms. The van der Waals surface area contributed by atoms with Crippen molar-refractivity contribution in [2.45, 2.75) is 45.6 Å². The average molecular weight is 221 g/mol. The first-order valence-electron chi connectivity index (χ1n) is 5.89. The number of aromatic nitrogens is 1. The van der Waals surface area contributed by atoms with Gasteiger partial charge in [0.05, 0.1) is 5.56 Å². The quantitative estimate of drug-likeness (QED) is 0.692. The van der Waals surface area contributed by atoms with Crippen molar-refractivity contribution in [1.29, 1.82) is 0 Å². The van der Waals surface area contributed by atoms with Crippen LogP contribution in [0.4, 0.5) is 0 Å². The van der Waals surface area contributed by atoms with Crippen LogP contribution in [0.5, 0.6) is 0 Å². The van der Waals surface area contributed by atoms with Gasteiger partial charge in [0, 0.05) is 12.4 Å². The van der Waals surface area contributed by atoms with E-state index in [0.717, 1.165) is 25.7 Å². The molecule has 0 amide bonds. The van der Waals surface area contributed by atoms with Gasteiger partial charge in [-0.3, -0.25) is 4.98 Å². The van der Waals surface area contributed by atoms with Gasteiger partial charge in [-0.2, -0.15) is 0 Å². The second-order valence-electron chi connectivity index (χ2n) is 3.85. The lowest BCUT2D eigenvalue weighted by molar-refractivity contribution is 0.0258. The van der Waals surface area contributed by atoms with Gasteiger partial charge in [-0.05, 0) is 25.0 Å². The fourth-order valence-corrected chi connectivity index (χ4v) is 1.61. The van der Waals surface area contributed by atoms with Crippen molar-refractivity contribution >= 4 is 5.97 Å². The number of carbonyl (C=O) groups is 1. The lowest BCUT2D eigenvalue weighted by atomic mass is 10.1. The average Bonchev–Trinajstić information content (AvgIpc) is 2.31. The minimum absolute atomic E-state index is 0.0442. The van der Waals surface area contributed by atoms with Gasteiger partial charge in [0.25, 0.3) is 0 Å². The molecule has 0 aliphatic heterocycles. The Morgan fingerprint density at radius 3 is 2.56 bits per heavy atom. The van der Waals surface area contributed by atoms with E-state index >= 15 is 0 Å². The van der Waals surface area contributed by atoms with Crippen LogP contribution in [0.15, 0.2) is 24.5 Å². The summed E-state index contributed by atoms with van der Waals surface area (Å²) < 4.78 is 5.44. The highest BCUT2D eigenvalue weighted by Crippen LogP contribution is 2.12. The van der Waals surface area contributed by atoms with Crippen LogP contribution in [0.2, 0.25) is 0 Å². The van der Waals surface area contributed by atoms with Crippen molar-refractivity contribution in [3.05, 3.63) is 30.1 Å². The third kappa shape index (κ3) is 4.01. The topological polar surface area (TPSA) is 39.2 Å². The molecular weight excluding hydrogens is 202 g/mol. The Hall–Kier alpha value is -1.38. The molecule has 0 aliphatic carbocycles. The second-order valence-corrected chi connectivity index (χ2v) is 3.85. The van der Waals surface area contributed by atoms with Crippen molar-refractivity contribution in [3.63, 3.8) is 0 Å². The Labute approximate surface area is 96.8 Å². The first-order chi connectivity index (χ1) is 7.77. The van der Waals surface area contributed by atoms with Crippen molar-refractivity contribution in [2.75, 3.05) is 0 Å². The molecule has 1 aromatic heterocycles. The summed E-state index contributed by atoms with van der Waals surface area (Å²) >= 11 is 0. The van der Waals surface area contributed by atoms with Crippen LogP contribution < -0.4 is 0 Å². The van der Waals surface area contributed by atoms with Gasteiger partial charge in [0.2, 0.25) is 0 Å². The van der Waals surface area contributed by atoms with E-state index in [4.69, 9.17) is 4.74 Å². The molecule has 0 aliphatic rings. The standard InChI is InChI=1S/C13H19NO2/c1-3-6-12(7-4-2)16-13(15)11-8-5-9-14-10-11/h5,8-10,12H,3-4,6-7H2,1-2H3. The molecular formula is C13H19NO2. The van der Waals surface area contributed by atoms with Gasteiger partial charge in [-0.15, -0.1) is 0 Å². The Balaban J connectivity index is 2.54. The molecule has 0 saturated carbocycles. The summed E-state index contributed by atoms with van der Waals surface area (Å²) in [5.74, 6) is -0.264. The van der Waals surface area contributed by atoms with Crippen molar-refractivity contribution in [2.24, 2.45) is 0 Å². The third-order valence-corrected chi connectivity index (χ3v) is 2.39. The van der Waals surface area contributed by atoms with Gasteiger partial charge in [0.1, 0.15) is 6.10 Å². The molecule has 0 atom stereocenters. The van der Waals surface area contributed by atoms with Crippen molar-refractivity contribution in [3.8, 4) is 0 Å². The summed E-state index contributed by atoms with van der Waals surface area (Å²) in [6, 6.07) is 3.47. The van der Waals surface area contributed by atoms with E-state index in [1.54, 1.807) is 18.3 Å². The van der Waals surface area contributed by atoms with Crippen LogP contribution in [0, 0.1) is 0 Å². The Morgan fingerprint density at radius 2 is 2.06 bits per heavy atom. The number of rotatable bonds is 6. The van der Waals surface area contributed by atoms with Crippen LogP contribution in [0.1, 0.15) is 49.9 Å². The predicted octanol–water partition coefficient (Wildman–Crippen LogP) is 3.21. The first-order valence-corrected chi connectivity index (χ1v) is 5.89. The van der Waals surface area contributed by atoms with Gasteiger partial charge in [-0.25, -0.2) is 4.79 Å². The van der Waals surface area contributed by atoms with E-state index < -0.39 is 0 Å². The molecule has 3 nitrogen and oxygen atoms in total. The Bertz CT molecular complexity index is 305. The fraction of sp³-hybridized carbons (Fsp3) is 0.538. The maximum atomic E-state index is 11.7. The summed E-state index contributed by atoms with van der Waals surface area (Å²) in [7, 11) is 0. The Kier molecular flexibility index (Phi) is 5.54. The zero-order valence-corrected chi connectivity index (χ0v) is 9.98. The number of hydrogen-bond donors (Lipinski definition) is 0. The zero-order chi connectivity index (χ0) is 11.8. The Morgan fingerprint density at radius 1 is 1.38 bits per heavy atom. The van der Waals surface area contributed by atoms with Crippen LogP contribution >= 0.6 is 0 Å². The summed E-state index contributed by atoms with van der Waals surface area (Å²) in [6.45, 7) is 4.20. The SMILES string of the molecule is CCCC(CCC)OC(=O)c1cccnc1. The van der Waals surface area contributed by atoms with Crippen LogP contribution in [0.3, 0.4) is 0 Å². The van der Waals surface area contributed by atoms with Gasteiger partial charge in [0.15, 0.2) is 0 Å². The summed E-state index contributed by atoms with van der Waals surface area (Å²) in [4.78, 5) is 15.6. The molecule has 0 spiro atoms. The normalized spacial score (nSPS) is 10.4. The monoisotopic (exact) mass is 221 g/mol. The number of carbonyl (C=O) groups excluding carboxylic acids is 1. The molecule has 1 rings (SSSR count). The summed E-state index contributed by atoms with van der Waals surface area (Å²) in [5.41, 5.74) is 0.528. The van der Waals surface area contributed by atoms with Gasteiger partial charge < -0.3 is 4.74 Å². The molecule has 0 radical (unpaired) electrons. The number of nitrogens with zero attached hydrogens (tertiary/aromatic N) is 1.